The van der Waals surface area contributed by atoms with E-state index < -0.39 is 18.4 Å². The highest BCUT2D eigenvalue weighted by Crippen LogP contribution is 2.46. The van der Waals surface area contributed by atoms with Crippen molar-refractivity contribution in [3.05, 3.63) is 48.0 Å². The number of alkyl halides is 3. The van der Waals surface area contributed by atoms with E-state index in [1.165, 1.54) is 19.2 Å². The summed E-state index contributed by atoms with van der Waals surface area (Å²) in [6.07, 6.45) is -5.52. The van der Waals surface area contributed by atoms with Crippen LogP contribution in [0.3, 0.4) is 0 Å². The standard InChI is InChI=1S/C16H13F3O3/c1-21-14-7-11-9-15(20,16(17,18)19)22-13(11)8-12(14)10-5-3-2-4-6-10/h2-8,20H,9H2,1H3. The van der Waals surface area contributed by atoms with Gasteiger partial charge < -0.3 is 14.6 Å². The molecule has 0 aliphatic carbocycles. The highest BCUT2D eigenvalue weighted by atomic mass is 19.4. The van der Waals surface area contributed by atoms with Gasteiger partial charge in [-0.25, -0.2) is 0 Å². The van der Waals surface area contributed by atoms with Crippen molar-refractivity contribution in [3.63, 3.8) is 0 Å². The Morgan fingerprint density at radius 2 is 1.86 bits per heavy atom. The Morgan fingerprint density at radius 1 is 1.18 bits per heavy atom. The van der Waals surface area contributed by atoms with Gasteiger partial charge in [-0.05, 0) is 17.7 Å². The zero-order valence-corrected chi connectivity index (χ0v) is 11.6. The van der Waals surface area contributed by atoms with E-state index in [1.807, 2.05) is 30.3 Å². The minimum atomic E-state index is -4.87. The van der Waals surface area contributed by atoms with E-state index in [-0.39, 0.29) is 11.3 Å². The lowest BCUT2D eigenvalue weighted by Crippen LogP contribution is -2.49. The Balaban J connectivity index is 2.07. The average molecular weight is 310 g/mol. The summed E-state index contributed by atoms with van der Waals surface area (Å²) in [6, 6.07) is 12.0. The lowest BCUT2D eigenvalue weighted by molar-refractivity contribution is -0.327. The first-order valence-corrected chi connectivity index (χ1v) is 6.58. The summed E-state index contributed by atoms with van der Waals surface area (Å²) in [5, 5.41) is 9.69. The number of hydrogen-bond acceptors (Lipinski definition) is 3. The first-order chi connectivity index (χ1) is 10.3. The van der Waals surface area contributed by atoms with Gasteiger partial charge in [-0.15, -0.1) is 0 Å². The van der Waals surface area contributed by atoms with Gasteiger partial charge in [-0.1, -0.05) is 30.3 Å². The van der Waals surface area contributed by atoms with E-state index in [0.29, 0.717) is 11.3 Å². The second kappa shape index (κ2) is 4.91. The molecule has 2 aromatic carbocycles. The molecule has 1 atom stereocenters. The molecule has 1 aliphatic heterocycles. The van der Waals surface area contributed by atoms with Crippen molar-refractivity contribution in [3.8, 4) is 22.6 Å². The molecule has 0 fully saturated rings. The fraction of sp³-hybridized carbons (Fsp3) is 0.250. The molecule has 3 rings (SSSR count). The van der Waals surface area contributed by atoms with E-state index in [0.717, 1.165) is 5.56 Å². The second-order valence-electron chi connectivity index (χ2n) is 5.09. The molecule has 116 valence electrons. The van der Waals surface area contributed by atoms with Gasteiger partial charge in [-0.3, -0.25) is 0 Å². The van der Waals surface area contributed by atoms with Gasteiger partial charge in [0.1, 0.15) is 11.5 Å². The molecule has 0 aromatic heterocycles. The van der Waals surface area contributed by atoms with E-state index in [9.17, 15) is 18.3 Å². The monoisotopic (exact) mass is 310 g/mol. The summed E-state index contributed by atoms with van der Waals surface area (Å²) in [4.78, 5) is 0. The van der Waals surface area contributed by atoms with E-state index >= 15 is 0 Å². The fourth-order valence-corrected chi connectivity index (χ4v) is 2.48. The number of ether oxygens (including phenoxy) is 2. The van der Waals surface area contributed by atoms with Crippen molar-refractivity contribution in [2.45, 2.75) is 18.4 Å². The zero-order chi connectivity index (χ0) is 16.0. The zero-order valence-electron chi connectivity index (χ0n) is 11.6. The number of fused-ring (bicyclic) bond motifs is 1. The molecule has 0 bridgehead atoms. The summed E-state index contributed by atoms with van der Waals surface area (Å²) in [7, 11) is 1.44. The van der Waals surface area contributed by atoms with Crippen molar-refractivity contribution < 1.29 is 27.8 Å². The van der Waals surface area contributed by atoms with Crippen LogP contribution in [0.4, 0.5) is 13.2 Å². The predicted molar refractivity (Wildman–Crippen MR) is 73.8 cm³/mol. The molecule has 0 spiro atoms. The van der Waals surface area contributed by atoms with Crippen molar-refractivity contribution >= 4 is 0 Å². The minimum absolute atomic E-state index is 0.0134. The fourth-order valence-electron chi connectivity index (χ4n) is 2.48. The topological polar surface area (TPSA) is 38.7 Å². The van der Waals surface area contributed by atoms with Crippen molar-refractivity contribution in [1.29, 1.82) is 0 Å². The number of methoxy groups -OCH3 is 1. The largest absolute Gasteiger partial charge is 0.496 e. The molecule has 0 amide bonds. The van der Waals surface area contributed by atoms with Crippen molar-refractivity contribution in [1.82, 2.24) is 0 Å². The van der Waals surface area contributed by atoms with Gasteiger partial charge >= 0.3 is 12.0 Å². The van der Waals surface area contributed by atoms with Gasteiger partial charge in [0.15, 0.2) is 0 Å². The number of hydrogen-bond donors (Lipinski definition) is 1. The first kappa shape index (κ1) is 14.7. The van der Waals surface area contributed by atoms with Crippen molar-refractivity contribution in [2.75, 3.05) is 7.11 Å². The third-order valence-electron chi connectivity index (χ3n) is 3.62. The molecule has 1 aliphatic rings. The summed E-state index contributed by atoms with van der Waals surface area (Å²) in [5.41, 5.74) is 1.65. The normalized spacial score (nSPS) is 20.4. The van der Waals surface area contributed by atoms with Crippen LogP contribution in [0.2, 0.25) is 0 Å². The van der Waals surface area contributed by atoms with Crippen LogP contribution in [0.1, 0.15) is 5.56 Å². The Hall–Kier alpha value is -2.21. The smallest absolute Gasteiger partial charge is 0.455 e. The number of benzene rings is 2. The summed E-state index contributed by atoms with van der Waals surface area (Å²) in [6.45, 7) is 0. The summed E-state index contributed by atoms with van der Waals surface area (Å²) in [5.74, 6) is -2.74. The van der Waals surface area contributed by atoms with Gasteiger partial charge in [0.05, 0.1) is 13.5 Å². The number of aliphatic hydroxyl groups is 1. The molecule has 22 heavy (non-hydrogen) atoms. The molecular weight excluding hydrogens is 297 g/mol. The van der Waals surface area contributed by atoms with E-state index in [2.05, 4.69) is 0 Å². The van der Waals surface area contributed by atoms with Crippen LogP contribution in [0.25, 0.3) is 11.1 Å². The SMILES string of the molecule is COc1cc2c(cc1-c1ccccc1)OC(O)(C(F)(F)F)C2. The van der Waals surface area contributed by atoms with Crippen LogP contribution in [-0.4, -0.2) is 24.2 Å². The van der Waals surface area contributed by atoms with Gasteiger partial charge in [-0.2, -0.15) is 13.2 Å². The number of halogens is 3. The van der Waals surface area contributed by atoms with Gasteiger partial charge in [0, 0.05) is 11.1 Å². The molecule has 1 unspecified atom stereocenters. The highest BCUT2D eigenvalue weighted by Gasteiger charge is 2.59. The van der Waals surface area contributed by atoms with Crippen LogP contribution in [-0.2, 0) is 6.42 Å². The third kappa shape index (κ3) is 2.29. The Kier molecular flexibility index (Phi) is 3.29. The summed E-state index contributed by atoms with van der Waals surface area (Å²) >= 11 is 0. The molecular formula is C16H13F3O3. The Morgan fingerprint density at radius 3 is 2.45 bits per heavy atom. The van der Waals surface area contributed by atoms with E-state index in [1.54, 1.807) is 0 Å². The summed E-state index contributed by atoms with van der Waals surface area (Å²) < 4.78 is 48.8. The molecule has 6 heteroatoms. The lowest BCUT2D eigenvalue weighted by Gasteiger charge is -2.24. The molecule has 2 aromatic rings. The van der Waals surface area contributed by atoms with Crippen LogP contribution in [0, 0.1) is 0 Å². The van der Waals surface area contributed by atoms with Gasteiger partial charge in [0.2, 0.25) is 0 Å². The highest BCUT2D eigenvalue weighted by molar-refractivity contribution is 5.73. The molecule has 0 saturated carbocycles. The minimum Gasteiger partial charge on any atom is -0.496 e. The molecule has 1 N–H and O–H groups in total. The average Bonchev–Trinajstić information content (AvgIpc) is 2.83. The Labute approximate surface area is 124 Å². The molecule has 1 heterocycles. The van der Waals surface area contributed by atoms with Crippen LogP contribution < -0.4 is 9.47 Å². The molecule has 0 saturated heterocycles. The molecule has 3 nitrogen and oxygen atoms in total. The number of rotatable bonds is 2. The predicted octanol–water partition coefficient (Wildman–Crippen LogP) is 3.55. The van der Waals surface area contributed by atoms with Crippen LogP contribution >= 0.6 is 0 Å². The second-order valence-corrected chi connectivity index (χ2v) is 5.09. The maximum Gasteiger partial charge on any atom is 0.455 e. The van der Waals surface area contributed by atoms with Crippen molar-refractivity contribution in [2.24, 2.45) is 0 Å². The van der Waals surface area contributed by atoms with Crippen LogP contribution in [0.5, 0.6) is 11.5 Å². The third-order valence-corrected chi connectivity index (χ3v) is 3.62. The lowest BCUT2D eigenvalue weighted by atomic mass is 10.00. The van der Waals surface area contributed by atoms with Gasteiger partial charge in [0.25, 0.3) is 0 Å². The van der Waals surface area contributed by atoms with E-state index in [4.69, 9.17) is 9.47 Å². The maximum atomic E-state index is 12.9. The maximum absolute atomic E-state index is 12.9. The quantitative estimate of drug-likeness (QED) is 0.922. The Bertz CT molecular complexity index is 698. The molecule has 0 radical (unpaired) electrons. The van der Waals surface area contributed by atoms with Crippen LogP contribution in [0.15, 0.2) is 42.5 Å². The first-order valence-electron chi connectivity index (χ1n) is 6.58.